The molecule has 0 bridgehead atoms. The molecule has 3 N–H and O–H groups in total. The van der Waals surface area contributed by atoms with Crippen LogP contribution in [0.25, 0.3) is 0 Å². The first kappa shape index (κ1) is 21.8. The topological polar surface area (TPSA) is 53.2 Å². The summed E-state index contributed by atoms with van der Waals surface area (Å²) in [5, 5.41) is 8.68. The van der Waals surface area contributed by atoms with Crippen LogP contribution in [0.5, 0.6) is 0 Å². The maximum absolute atomic E-state index is 12.1. The Hall–Kier alpha value is -0.270. The van der Waals surface area contributed by atoms with Crippen LogP contribution in [0.2, 0.25) is 0 Å². The number of para-hydroxylation sites is 1. The number of alkyl halides is 3. The molecule has 0 saturated heterocycles. The molecule has 1 rings (SSSR count). The Morgan fingerprint density at radius 1 is 1.21 bits per heavy atom. The minimum atomic E-state index is -1.77. The van der Waals surface area contributed by atoms with Crippen molar-refractivity contribution in [2.75, 3.05) is 5.32 Å². The van der Waals surface area contributed by atoms with Gasteiger partial charge in [-0.2, -0.15) is 0 Å². The van der Waals surface area contributed by atoms with Crippen molar-refractivity contribution in [2.45, 2.75) is 37.2 Å². The fraction of sp³-hybridized carbons (Fsp3) is 0.467. The highest BCUT2D eigenvalue weighted by molar-refractivity contribution is 9.10. The lowest BCUT2D eigenvalue weighted by molar-refractivity contribution is -0.123. The van der Waals surface area contributed by atoms with Crippen molar-refractivity contribution in [1.29, 1.82) is 0 Å². The molecular formula is C15H19BrCl3N3OS. The van der Waals surface area contributed by atoms with Gasteiger partial charge in [0.1, 0.15) is 6.17 Å². The van der Waals surface area contributed by atoms with E-state index in [1.807, 2.05) is 45.0 Å². The number of hydrogen-bond donors (Lipinski definition) is 3. The number of hydrogen-bond acceptors (Lipinski definition) is 2. The van der Waals surface area contributed by atoms with Gasteiger partial charge in [0.05, 0.1) is 5.69 Å². The number of carbonyl (C=O) groups is 1. The van der Waals surface area contributed by atoms with Crippen LogP contribution >= 0.6 is 63.0 Å². The number of rotatable bonds is 4. The molecular weight excluding hydrogens is 457 g/mol. The van der Waals surface area contributed by atoms with E-state index in [2.05, 4.69) is 31.9 Å². The van der Waals surface area contributed by atoms with Crippen molar-refractivity contribution < 1.29 is 4.79 Å². The summed E-state index contributed by atoms with van der Waals surface area (Å²) in [5.74, 6) is -0.241. The summed E-state index contributed by atoms with van der Waals surface area (Å²) >= 11 is 26.5. The van der Waals surface area contributed by atoms with Gasteiger partial charge in [-0.05, 0) is 45.7 Å². The van der Waals surface area contributed by atoms with Crippen molar-refractivity contribution in [1.82, 2.24) is 10.6 Å². The molecule has 1 amide bonds. The van der Waals surface area contributed by atoms with E-state index in [1.54, 1.807) is 0 Å². The number of thiocarbonyl (C=S) groups is 1. The van der Waals surface area contributed by atoms with Crippen molar-refractivity contribution in [3.8, 4) is 0 Å². The molecule has 1 atom stereocenters. The highest BCUT2D eigenvalue weighted by atomic mass is 79.9. The molecule has 9 heteroatoms. The first-order chi connectivity index (χ1) is 10.9. The Morgan fingerprint density at radius 3 is 2.29 bits per heavy atom. The number of halogens is 4. The SMILES string of the molecule is CC(C)(C)CC(=O)N[C@H](NC(=S)Nc1ccccc1Br)C(Cl)(Cl)Cl. The molecule has 0 fully saturated rings. The number of benzene rings is 1. The van der Waals surface area contributed by atoms with Crippen LogP contribution in [-0.2, 0) is 4.79 Å². The third kappa shape index (κ3) is 8.21. The normalized spacial score (nSPS) is 13.1. The summed E-state index contributed by atoms with van der Waals surface area (Å²) in [4.78, 5) is 12.1. The third-order valence-corrected chi connectivity index (χ3v) is 4.29. The average Bonchev–Trinajstić information content (AvgIpc) is 2.37. The zero-order chi connectivity index (χ0) is 18.5. The summed E-state index contributed by atoms with van der Waals surface area (Å²) in [6.45, 7) is 5.84. The van der Waals surface area contributed by atoms with Crippen LogP contribution in [0.4, 0.5) is 5.69 Å². The van der Waals surface area contributed by atoms with E-state index in [0.29, 0.717) is 0 Å². The molecule has 0 radical (unpaired) electrons. The Kier molecular flexibility index (Phi) is 8.07. The summed E-state index contributed by atoms with van der Waals surface area (Å²) in [5.41, 5.74) is 0.565. The van der Waals surface area contributed by atoms with Crippen molar-refractivity contribution in [3.05, 3.63) is 28.7 Å². The minimum Gasteiger partial charge on any atom is -0.339 e. The molecule has 0 unspecified atom stereocenters. The monoisotopic (exact) mass is 473 g/mol. The van der Waals surface area contributed by atoms with E-state index >= 15 is 0 Å². The van der Waals surface area contributed by atoms with E-state index in [-0.39, 0.29) is 22.9 Å². The Bertz CT molecular complexity index is 602. The molecule has 0 saturated carbocycles. The molecule has 1 aromatic carbocycles. The van der Waals surface area contributed by atoms with E-state index in [4.69, 9.17) is 47.0 Å². The van der Waals surface area contributed by atoms with Crippen LogP contribution in [0.3, 0.4) is 0 Å². The lowest BCUT2D eigenvalue weighted by Gasteiger charge is -2.29. The molecule has 0 heterocycles. The fourth-order valence-electron chi connectivity index (χ4n) is 1.75. The second-order valence-electron chi connectivity index (χ2n) is 6.36. The van der Waals surface area contributed by atoms with Crippen LogP contribution in [0, 0.1) is 5.41 Å². The van der Waals surface area contributed by atoms with Crippen molar-refractivity contribution >= 4 is 79.7 Å². The lowest BCUT2D eigenvalue weighted by atomic mass is 9.92. The second-order valence-corrected chi connectivity index (χ2v) is 9.99. The number of amides is 1. The van der Waals surface area contributed by atoms with Crippen molar-refractivity contribution in [2.24, 2.45) is 5.41 Å². The summed E-state index contributed by atoms with van der Waals surface area (Å²) in [7, 11) is 0. The van der Waals surface area contributed by atoms with Crippen molar-refractivity contribution in [3.63, 3.8) is 0 Å². The minimum absolute atomic E-state index is 0.185. The first-order valence-electron chi connectivity index (χ1n) is 7.06. The zero-order valence-electron chi connectivity index (χ0n) is 13.4. The van der Waals surface area contributed by atoms with Crippen LogP contribution < -0.4 is 16.0 Å². The summed E-state index contributed by atoms with van der Waals surface area (Å²) in [6.07, 6.45) is -0.684. The maximum Gasteiger partial charge on any atom is 0.228 e. The molecule has 0 spiro atoms. The van der Waals surface area contributed by atoms with E-state index < -0.39 is 9.96 Å². The predicted molar refractivity (Wildman–Crippen MR) is 110 cm³/mol. The van der Waals surface area contributed by atoms with Gasteiger partial charge >= 0.3 is 0 Å². The molecule has 134 valence electrons. The zero-order valence-corrected chi connectivity index (χ0v) is 18.1. The van der Waals surface area contributed by atoms with E-state index in [1.165, 1.54) is 0 Å². The molecule has 4 nitrogen and oxygen atoms in total. The Morgan fingerprint density at radius 2 is 1.79 bits per heavy atom. The van der Waals surface area contributed by atoms with E-state index in [0.717, 1.165) is 10.2 Å². The van der Waals surface area contributed by atoms with Gasteiger partial charge in [-0.3, -0.25) is 4.79 Å². The molecule has 1 aromatic rings. The largest absolute Gasteiger partial charge is 0.339 e. The highest BCUT2D eigenvalue weighted by Gasteiger charge is 2.35. The van der Waals surface area contributed by atoms with Gasteiger partial charge in [0, 0.05) is 10.9 Å². The van der Waals surface area contributed by atoms with Crippen LogP contribution in [0.15, 0.2) is 28.7 Å². The van der Waals surface area contributed by atoms with Gasteiger partial charge < -0.3 is 16.0 Å². The molecule has 0 aliphatic heterocycles. The average molecular weight is 476 g/mol. The smallest absolute Gasteiger partial charge is 0.228 e. The Balaban J connectivity index is 2.74. The van der Waals surface area contributed by atoms with Gasteiger partial charge in [-0.25, -0.2) is 0 Å². The highest BCUT2D eigenvalue weighted by Crippen LogP contribution is 2.30. The first-order valence-corrected chi connectivity index (χ1v) is 9.40. The number of carbonyl (C=O) groups excluding carboxylic acids is 1. The van der Waals surface area contributed by atoms with E-state index in [9.17, 15) is 4.79 Å². The van der Waals surface area contributed by atoms with Gasteiger partial charge in [0.2, 0.25) is 9.70 Å². The fourth-order valence-corrected chi connectivity index (χ4v) is 2.68. The quantitative estimate of drug-likeness (QED) is 0.326. The third-order valence-electron chi connectivity index (χ3n) is 2.72. The summed E-state index contributed by atoms with van der Waals surface area (Å²) in [6, 6.07) is 7.43. The van der Waals surface area contributed by atoms with Gasteiger partial charge in [-0.15, -0.1) is 0 Å². The number of nitrogens with one attached hydrogen (secondary N) is 3. The lowest BCUT2D eigenvalue weighted by Crippen LogP contribution is -2.56. The summed E-state index contributed by atoms with van der Waals surface area (Å²) < 4.78 is -0.941. The molecule has 24 heavy (non-hydrogen) atoms. The van der Waals surface area contributed by atoms with Crippen LogP contribution in [0.1, 0.15) is 27.2 Å². The van der Waals surface area contributed by atoms with Gasteiger partial charge in [0.15, 0.2) is 5.11 Å². The second kappa shape index (κ2) is 8.90. The van der Waals surface area contributed by atoms with Gasteiger partial charge in [-0.1, -0.05) is 67.7 Å². The van der Waals surface area contributed by atoms with Crippen LogP contribution in [-0.4, -0.2) is 21.0 Å². The molecule has 0 aromatic heterocycles. The molecule has 0 aliphatic rings. The maximum atomic E-state index is 12.1. The Labute approximate surface area is 171 Å². The number of anilines is 1. The standard InChI is InChI=1S/C15H19BrCl3N3OS/c1-14(2,3)8-11(23)21-12(15(17,18)19)22-13(24)20-10-7-5-4-6-9(10)16/h4-7,12H,8H2,1-3H3,(H,21,23)(H2,20,22,24)/t12-/m1/s1. The van der Waals surface area contributed by atoms with Gasteiger partial charge in [0.25, 0.3) is 0 Å². The molecule has 0 aliphatic carbocycles. The predicted octanol–water partition coefficient (Wildman–Crippen LogP) is 4.98.